The summed E-state index contributed by atoms with van der Waals surface area (Å²) < 4.78 is 58.9. The van der Waals surface area contributed by atoms with Gasteiger partial charge in [-0.25, -0.2) is 4.57 Å². The van der Waals surface area contributed by atoms with Crippen LogP contribution in [-0.2, 0) is 63.5 Å². The Labute approximate surface area is 303 Å². The first-order valence-electron chi connectivity index (χ1n) is 17.1. The third kappa shape index (κ3) is 9.84. The summed E-state index contributed by atoms with van der Waals surface area (Å²) in [6, 6.07) is 49.1. The Bertz CT molecular complexity index is 1760. The monoisotopic (exact) mass is 724 g/mol. The van der Waals surface area contributed by atoms with Crippen molar-refractivity contribution in [2.75, 3.05) is 6.61 Å². The van der Waals surface area contributed by atoms with Crippen molar-refractivity contribution in [2.45, 2.75) is 67.3 Å². The van der Waals surface area contributed by atoms with Crippen molar-refractivity contribution in [3.8, 4) is 0 Å². The van der Waals surface area contributed by atoms with Crippen LogP contribution < -0.4 is 0 Å². The molecule has 7 rings (SSSR count). The molecule has 8 nitrogen and oxygen atoms in total. The second-order valence-corrected chi connectivity index (χ2v) is 15.2. The molecule has 2 aliphatic rings. The lowest BCUT2D eigenvalue weighted by Gasteiger charge is -2.39. The summed E-state index contributed by atoms with van der Waals surface area (Å²) in [6.45, 7) is 0.721. The van der Waals surface area contributed by atoms with E-state index in [1.807, 2.05) is 152 Å². The highest BCUT2D eigenvalue weighted by atomic mass is 32.2. The first-order chi connectivity index (χ1) is 25.1. The largest absolute Gasteiger partial charge is 0.475 e. The Hall–Kier alpha value is -3.60. The van der Waals surface area contributed by atoms with Gasteiger partial charge in [-0.15, -0.1) is 0 Å². The summed E-state index contributed by atoms with van der Waals surface area (Å²) in [5.41, 5.74) is 3.34. The second-order valence-electron chi connectivity index (χ2n) is 12.3. The highest BCUT2D eigenvalue weighted by Crippen LogP contribution is 2.52. The van der Waals surface area contributed by atoms with Gasteiger partial charge >= 0.3 is 7.82 Å². The highest BCUT2D eigenvalue weighted by molar-refractivity contribution is 7.99. The minimum atomic E-state index is -4.07. The van der Waals surface area contributed by atoms with Crippen molar-refractivity contribution >= 4 is 19.6 Å². The van der Waals surface area contributed by atoms with E-state index in [0.717, 1.165) is 27.1 Å². The van der Waals surface area contributed by atoms with Crippen LogP contribution in [0.4, 0.5) is 0 Å². The second kappa shape index (κ2) is 17.8. The van der Waals surface area contributed by atoms with Gasteiger partial charge in [-0.2, -0.15) is 0 Å². The number of hydrogen-bond donors (Lipinski definition) is 0. The summed E-state index contributed by atoms with van der Waals surface area (Å²) in [4.78, 5) is 1.04. The minimum Gasteiger partial charge on any atom is -0.368 e. The molecule has 264 valence electrons. The predicted molar refractivity (Wildman–Crippen MR) is 196 cm³/mol. The molecular weight excluding hydrogens is 683 g/mol. The number of phosphoric acid groups is 1. The van der Waals surface area contributed by atoms with E-state index in [-0.39, 0.29) is 19.8 Å². The molecule has 0 unspecified atom stereocenters. The fourth-order valence-corrected chi connectivity index (χ4v) is 8.36. The number of hydrogen-bond acceptors (Lipinski definition) is 9. The fraction of sp³-hybridized carbons (Fsp3) is 0.268. The molecular formula is C41H41O8PS. The Morgan fingerprint density at radius 2 is 0.922 bits per heavy atom. The number of ether oxygens (including phenoxy) is 4. The lowest BCUT2D eigenvalue weighted by Crippen LogP contribution is -2.54. The number of phosphoric ester groups is 1. The van der Waals surface area contributed by atoms with Gasteiger partial charge in [-0.3, -0.25) is 13.6 Å². The molecule has 5 aromatic rings. The third-order valence-corrected chi connectivity index (χ3v) is 11.2. The molecule has 2 saturated heterocycles. The van der Waals surface area contributed by atoms with Gasteiger partial charge in [0.15, 0.2) is 0 Å². The van der Waals surface area contributed by atoms with Gasteiger partial charge in [0, 0.05) is 4.90 Å². The van der Waals surface area contributed by atoms with Gasteiger partial charge in [0.25, 0.3) is 0 Å². The number of benzene rings is 5. The average Bonchev–Trinajstić information content (AvgIpc) is 3.44. The van der Waals surface area contributed by atoms with Gasteiger partial charge in [0.1, 0.15) is 36.0 Å². The quantitative estimate of drug-likeness (QED) is 0.0873. The molecule has 2 heterocycles. The zero-order chi connectivity index (χ0) is 34.7. The average molecular weight is 725 g/mol. The molecule has 10 heteroatoms. The maximum Gasteiger partial charge on any atom is 0.475 e. The maximum absolute atomic E-state index is 14.2. The predicted octanol–water partition coefficient (Wildman–Crippen LogP) is 9.00. The summed E-state index contributed by atoms with van der Waals surface area (Å²) in [5, 5.41) is 0. The van der Waals surface area contributed by atoms with Gasteiger partial charge in [0.05, 0.1) is 33.0 Å². The van der Waals surface area contributed by atoms with Crippen LogP contribution in [-0.4, -0.2) is 42.6 Å². The molecule has 0 spiro atoms. The Balaban J connectivity index is 1.12. The van der Waals surface area contributed by atoms with Crippen LogP contribution in [0.1, 0.15) is 22.3 Å². The molecule has 2 fully saturated rings. The van der Waals surface area contributed by atoms with Crippen LogP contribution >= 0.6 is 19.6 Å². The van der Waals surface area contributed by atoms with Gasteiger partial charge in [-0.1, -0.05) is 151 Å². The first-order valence-corrected chi connectivity index (χ1v) is 19.4. The summed E-state index contributed by atoms with van der Waals surface area (Å²) in [5.74, 6) is 0. The van der Waals surface area contributed by atoms with Crippen LogP contribution in [0.25, 0.3) is 0 Å². The van der Waals surface area contributed by atoms with E-state index < -0.39 is 43.8 Å². The Kier molecular flexibility index (Phi) is 12.5. The molecule has 6 atom stereocenters. The molecule has 0 radical (unpaired) electrons. The van der Waals surface area contributed by atoms with Crippen molar-refractivity contribution in [3.05, 3.63) is 174 Å². The van der Waals surface area contributed by atoms with E-state index >= 15 is 0 Å². The number of fused-ring (bicyclic) bond motifs is 2. The number of rotatable bonds is 17. The standard InChI is InChI=1S/C41H41O8PS/c42-50(45-28-33-20-10-3-11-21-33,46-29-34-22-12-4-13-23-34)47-30-36-37-38(43-26-31-16-6-1-7-17-31)39(48-36)40(44-27-32-18-8-2-9-19-32)41(49-37)51-35-24-14-5-15-25-35/h1-25,36-41H,26-30H2/t36-,37+,38+,39-,40-,41+/m0/s1. The zero-order valence-corrected chi connectivity index (χ0v) is 29.8. The van der Waals surface area contributed by atoms with Gasteiger partial charge in [-0.05, 0) is 34.4 Å². The SMILES string of the molecule is O=P(OCc1ccccc1)(OCc1ccccc1)OC[C@@H]1O[C@H]2[C@H](OCc3ccccc3)[C@@H]1O[C@H](Sc1ccccc1)[C@H]2OCc1ccccc1. The van der Waals surface area contributed by atoms with Gasteiger partial charge < -0.3 is 18.9 Å². The van der Waals surface area contributed by atoms with Crippen LogP contribution in [0.15, 0.2) is 157 Å². The van der Waals surface area contributed by atoms with Gasteiger partial charge in [0.2, 0.25) is 0 Å². The van der Waals surface area contributed by atoms with E-state index in [1.54, 1.807) is 11.8 Å². The minimum absolute atomic E-state index is 0.0506. The molecule has 0 saturated carbocycles. The fourth-order valence-electron chi connectivity index (χ4n) is 6.06. The lowest BCUT2D eigenvalue weighted by molar-refractivity contribution is -0.182. The van der Waals surface area contributed by atoms with Crippen LogP contribution in [0.3, 0.4) is 0 Å². The van der Waals surface area contributed by atoms with E-state index in [1.165, 1.54) is 0 Å². The summed E-state index contributed by atoms with van der Waals surface area (Å²) in [7, 11) is -4.07. The van der Waals surface area contributed by atoms with Crippen LogP contribution in [0, 0.1) is 0 Å². The van der Waals surface area contributed by atoms with Crippen molar-refractivity contribution in [1.82, 2.24) is 0 Å². The van der Waals surface area contributed by atoms with Crippen molar-refractivity contribution in [2.24, 2.45) is 0 Å². The number of thioether (sulfide) groups is 1. The normalized spacial score (nSPS) is 22.9. The molecule has 0 aromatic heterocycles. The third-order valence-electron chi connectivity index (χ3n) is 8.66. The van der Waals surface area contributed by atoms with E-state index in [0.29, 0.717) is 13.2 Å². The lowest BCUT2D eigenvalue weighted by atomic mass is 10.00. The maximum atomic E-state index is 14.2. The molecule has 2 aliphatic heterocycles. The molecule has 0 N–H and O–H groups in total. The van der Waals surface area contributed by atoms with E-state index in [9.17, 15) is 4.57 Å². The highest BCUT2D eigenvalue weighted by Gasteiger charge is 2.58. The zero-order valence-electron chi connectivity index (χ0n) is 28.1. The van der Waals surface area contributed by atoms with Crippen LogP contribution in [0.2, 0.25) is 0 Å². The summed E-state index contributed by atoms with van der Waals surface area (Å²) in [6.07, 6.45) is -2.67. The smallest absolute Gasteiger partial charge is 0.368 e. The topological polar surface area (TPSA) is 81.7 Å². The molecule has 51 heavy (non-hydrogen) atoms. The van der Waals surface area contributed by atoms with E-state index in [4.69, 9.17) is 32.5 Å². The Morgan fingerprint density at radius 3 is 1.41 bits per heavy atom. The van der Waals surface area contributed by atoms with Crippen molar-refractivity contribution in [3.63, 3.8) is 0 Å². The van der Waals surface area contributed by atoms with Crippen molar-refractivity contribution in [1.29, 1.82) is 0 Å². The summed E-state index contributed by atoms with van der Waals surface area (Å²) >= 11 is 1.58. The molecule has 5 aromatic carbocycles. The first kappa shape index (κ1) is 35.8. The van der Waals surface area contributed by atoms with Crippen molar-refractivity contribution < 1.29 is 37.1 Å². The Morgan fingerprint density at radius 1 is 0.490 bits per heavy atom. The molecule has 2 bridgehead atoms. The van der Waals surface area contributed by atoms with E-state index in [2.05, 4.69) is 0 Å². The van der Waals surface area contributed by atoms with Crippen LogP contribution in [0.5, 0.6) is 0 Å². The molecule has 0 aliphatic carbocycles. The molecule has 0 amide bonds.